The molecule has 0 saturated heterocycles. The van der Waals surface area contributed by atoms with Gasteiger partial charge in [-0.3, -0.25) is 4.98 Å². The lowest BCUT2D eigenvalue weighted by Crippen LogP contribution is -2.19. The molecule has 1 atom stereocenters. The zero-order valence-electron chi connectivity index (χ0n) is 9.85. The fourth-order valence-corrected chi connectivity index (χ4v) is 1.72. The standard InChI is InChI=1S/C14H15N3/c1-11(7-15)8-17-9-12-2-3-14-10-16-5-4-13(14)6-12/h2-6,10-11,17H,8-9H2,1H3. The van der Waals surface area contributed by atoms with Crippen molar-refractivity contribution in [1.82, 2.24) is 10.3 Å². The molecule has 0 aliphatic heterocycles. The first-order valence-corrected chi connectivity index (χ1v) is 5.72. The molecule has 86 valence electrons. The van der Waals surface area contributed by atoms with Crippen LogP contribution in [-0.4, -0.2) is 11.5 Å². The largest absolute Gasteiger partial charge is 0.311 e. The van der Waals surface area contributed by atoms with Crippen molar-refractivity contribution in [1.29, 1.82) is 5.26 Å². The normalized spacial score (nSPS) is 12.2. The van der Waals surface area contributed by atoms with Crippen molar-refractivity contribution in [3.05, 3.63) is 42.2 Å². The van der Waals surface area contributed by atoms with E-state index in [0.29, 0.717) is 0 Å². The zero-order chi connectivity index (χ0) is 12.1. The Morgan fingerprint density at radius 2 is 2.24 bits per heavy atom. The molecule has 1 heterocycles. The van der Waals surface area contributed by atoms with Gasteiger partial charge in [-0.05, 0) is 30.0 Å². The Labute approximate surface area is 101 Å². The van der Waals surface area contributed by atoms with Crippen LogP contribution < -0.4 is 5.32 Å². The van der Waals surface area contributed by atoms with Crippen molar-refractivity contribution in [3.63, 3.8) is 0 Å². The molecule has 0 bridgehead atoms. The molecule has 1 unspecified atom stereocenters. The van der Waals surface area contributed by atoms with Crippen LogP contribution in [0.1, 0.15) is 12.5 Å². The third-order valence-corrected chi connectivity index (χ3v) is 2.71. The van der Waals surface area contributed by atoms with Gasteiger partial charge in [0.05, 0.1) is 12.0 Å². The molecule has 3 nitrogen and oxygen atoms in total. The van der Waals surface area contributed by atoms with Crippen LogP contribution in [0.3, 0.4) is 0 Å². The molecule has 0 amide bonds. The van der Waals surface area contributed by atoms with Crippen LogP contribution >= 0.6 is 0 Å². The van der Waals surface area contributed by atoms with E-state index in [1.807, 2.05) is 19.2 Å². The number of nitrogens with zero attached hydrogens (tertiary/aromatic N) is 2. The summed E-state index contributed by atoms with van der Waals surface area (Å²) < 4.78 is 0. The smallest absolute Gasteiger partial charge is 0.0666 e. The Morgan fingerprint density at radius 3 is 3.06 bits per heavy atom. The van der Waals surface area contributed by atoms with E-state index in [1.165, 1.54) is 10.9 Å². The molecule has 0 fully saturated rings. The van der Waals surface area contributed by atoms with Crippen LogP contribution in [0.2, 0.25) is 0 Å². The second-order valence-electron chi connectivity index (χ2n) is 4.22. The maximum absolute atomic E-state index is 8.68. The van der Waals surface area contributed by atoms with Crippen molar-refractivity contribution in [3.8, 4) is 6.07 Å². The molecular formula is C14H15N3. The number of nitriles is 1. The Balaban J connectivity index is 2.02. The first kappa shape index (κ1) is 11.6. The quantitative estimate of drug-likeness (QED) is 0.869. The summed E-state index contributed by atoms with van der Waals surface area (Å²) >= 11 is 0. The number of pyridine rings is 1. The van der Waals surface area contributed by atoms with E-state index >= 15 is 0 Å². The van der Waals surface area contributed by atoms with Gasteiger partial charge >= 0.3 is 0 Å². The van der Waals surface area contributed by atoms with Gasteiger partial charge in [-0.2, -0.15) is 5.26 Å². The molecule has 2 aromatic rings. The summed E-state index contributed by atoms with van der Waals surface area (Å²) in [7, 11) is 0. The Bertz CT molecular complexity index is 542. The van der Waals surface area contributed by atoms with Crippen LogP contribution in [0.15, 0.2) is 36.7 Å². The van der Waals surface area contributed by atoms with Gasteiger partial charge in [-0.25, -0.2) is 0 Å². The summed E-state index contributed by atoms with van der Waals surface area (Å²) in [5.41, 5.74) is 1.23. The summed E-state index contributed by atoms with van der Waals surface area (Å²) in [6.07, 6.45) is 3.67. The molecule has 0 radical (unpaired) electrons. The SMILES string of the molecule is CC(C#N)CNCc1ccc2cnccc2c1. The van der Waals surface area contributed by atoms with Gasteiger partial charge in [0.15, 0.2) is 0 Å². The molecule has 1 aromatic heterocycles. The predicted molar refractivity (Wildman–Crippen MR) is 68.2 cm³/mol. The van der Waals surface area contributed by atoms with Gasteiger partial charge in [0.1, 0.15) is 0 Å². The van der Waals surface area contributed by atoms with Crippen molar-refractivity contribution in [2.45, 2.75) is 13.5 Å². The Kier molecular flexibility index (Phi) is 3.69. The number of nitrogens with one attached hydrogen (secondary N) is 1. The van der Waals surface area contributed by atoms with E-state index in [-0.39, 0.29) is 5.92 Å². The fourth-order valence-electron chi connectivity index (χ4n) is 1.72. The van der Waals surface area contributed by atoms with Crippen LogP contribution in [-0.2, 0) is 6.54 Å². The lowest BCUT2D eigenvalue weighted by molar-refractivity contribution is 0.602. The average Bonchev–Trinajstić information content (AvgIpc) is 2.38. The molecule has 0 saturated carbocycles. The summed E-state index contributed by atoms with van der Waals surface area (Å²) in [6.45, 7) is 3.44. The second-order valence-corrected chi connectivity index (χ2v) is 4.22. The van der Waals surface area contributed by atoms with Gasteiger partial charge in [-0.1, -0.05) is 12.1 Å². The highest BCUT2D eigenvalue weighted by atomic mass is 14.9. The monoisotopic (exact) mass is 225 g/mol. The Hall–Kier alpha value is -1.92. The van der Waals surface area contributed by atoms with Gasteiger partial charge in [0.2, 0.25) is 0 Å². The number of hydrogen-bond donors (Lipinski definition) is 1. The topological polar surface area (TPSA) is 48.7 Å². The summed E-state index contributed by atoms with van der Waals surface area (Å²) in [5.74, 6) is 0.0552. The van der Waals surface area contributed by atoms with Crippen molar-refractivity contribution in [2.24, 2.45) is 5.92 Å². The van der Waals surface area contributed by atoms with Gasteiger partial charge in [-0.15, -0.1) is 0 Å². The highest BCUT2D eigenvalue weighted by Crippen LogP contribution is 2.14. The van der Waals surface area contributed by atoms with Gasteiger partial charge < -0.3 is 5.32 Å². The third kappa shape index (κ3) is 3.02. The number of aromatic nitrogens is 1. The van der Waals surface area contributed by atoms with E-state index in [0.717, 1.165) is 18.5 Å². The lowest BCUT2D eigenvalue weighted by atomic mass is 10.1. The molecule has 0 aliphatic carbocycles. The maximum atomic E-state index is 8.68. The number of hydrogen-bond acceptors (Lipinski definition) is 3. The summed E-state index contributed by atoms with van der Waals surface area (Å²) in [4.78, 5) is 4.09. The van der Waals surface area contributed by atoms with Gasteiger partial charge in [0, 0.05) is 30.9 Å². The minimum absolute atomic E-state index is 0.0552. The highest BCUT2D eigenvalue weighted by molar-refractivity contribution is 5.81. The molecule has 2 rings (SSSR count). The van der Waals surface area contributed by atoms with Crippen LogP contribution in [0.5, 0.6) is 0 Å². The van der Waals surface area contributed by atoms with Crippen molar-refractivity contribution in [2.75, 3.05) is 6.54 Å². The van der Waals surface area contributed by atoms with E-state index in [4.69, 9.17) is 5.26 Å². The molecular weight excluding hydrogens is 210 g/mol. The number of benzene rings is 1. The minimum Gasteiger partial charge on any atom is -0.311 e. The van der Waals surface area contributed by atoms with Crippen LogP contribution in [0.4, 0.5) is 0 Å². The molecule has 17 heavy (non-hydrogen) atoms. The third-order valence-electron chi connectivity index (χ3n) is 2.71. The van der Waals surface area contributed by atoms with E-state index < -0.39 is 0 Å². The fraction of sp³-hybridized carbons (Fsp3) is 0.286. The van der Waals surface area contributed by atoms with Crippen LogP contribution in [0, 0.1) is 17.2 Å². The number of fused-ring (bicyclic) bond motifs is 1. The van der Waals surface area contributed by atoms with Crippen molar-refractivity contribution < 1.29 is 0 Å². The minimum atomic E-state index is 0.0552. The molecule has 0 spiro atoms. The van der Waals surface area contributed by atoms with E-state index in [2.05, 4.69) is 34.6 Å². The average molecular weight is 225 g/mol. The molecule has 0 aliphatic rings. The second kappa shape index (κ2) is 5.42. The van der Waals surface area contributed by atoms with Gasteiger partial charge in [0.25, 0.3) is 0 Å². The molecule has 3 heteroatoms. The van der Waals surface area contributed by atoms with Crippen LogP contribution in [0.25, 0.3) is 10.8 Å². The number of rotatable bonds is 4. The van der Waals surface area contributed by atoms with E-state index in [9.17, 15) is 0 Å². The van der Waals surface area contributed by atoms with Crippen molar-refractivity contribution >= 4 is 10.8 Å². The Morgan fingerprint density at radius 1 is 1.35 bits per heavy atom. The predicted octanol–water partition coefficient (Wildman–Crippen LogP) is 2.48. The summed E-state index contributed by atoms with van der Waals surface area (Å²) in [6, 6.07) is 10.5. The first-order chi connectivity index (χ1) is 8.29. The summed E-state index contributed by atoms with van der Waals surface area (Å²) in [5, 5.41) is 14.3. The molecule has 1 N–H and O–H groups in total. The maximum Gasteiger partial charge on any atom is 0.0666 e. The highest BCUT2D eigenvalue weighted by Gasteiger charge is 1.99. The van der Waals surface area contributed by atoms with E-state index in [1.54, 1.807) is 6.20 Å². The first-order valence-electron chi connectivity index (χ1n) is 5.72. The lowest BCUT2D eigenvalue weighted by Gasteiger charge is -2.06. The molecule has 1 aromatic carbocycles. The zero-order valence-corrected chi connectivity index (χ0v) is 9.85.